The van der Waals surface area contributed by atoms with Gasteiger partial charge in [-0.25, -0.2) is 4.79 Å². The van der Waals surface area contributed by atoms with Gasteiger partial charge in [0.1, 0.15) is 5.60 Å². The lowest BCUT2D eigenvalue weighted by Gasteiger charge is -2.26. The van der Waals surface area contributed by atoms with Gasteiger partial charge in [0.05, 0.1) is 12.1 Å². The molecule has 2 N–H and O–H groups in total. The van der Waals surface area contributed by atoms with E-state index in [1.807, 2.05) is 5.32 Å². The van der Waals surface area contributed by atoms with Gasteiger partial charge in [0.15, 0.2) is 0 Å². The molecule has 1 aliphatic rings. The number of carbonyl (C=O) groups is 2. The Labute approximate surface area is 137 Å². The van der Waals surface area contributed by atoms with Crippen LogP contribution in [0.25, 0.3) is 0 Å². The van der Waals surface area contributed by atoms with E-state index in [1.165, 1.54) is 0 Å². The summed E-state index contributed by atoms with van der Waals surface area (Å²) in [6.07, 6.45) is -5.54. The predicted octanol–water partition coefficient (Wildman–Crippen LogP) is 2.86. The van der Waals surface area contributed by atoms with E-state index in [0.717, 1.165) is 5.56 Å². The molecule has 0 aliphatic heterocycles. The molecule has 132 valence electrons. The van der Waals surface area contributed by atoms with Crippen LogP contribution in [0.15, 0.2) is 24.3 Å². The lowest BCUT2D eigenvalue weighted by molar-refractivity contribution is -0.174. The Hall–Kier alpha value is -2.25. The highest BCUT2D eigenvalue weighted by atomic mass is 19.4. The first kappa shape index (κ1) is 18.1. The van der Waals surface area contributed by atoms with Crippen molar-refractivity contribution in [3.05, 3.63) is 35.4 Å². The molecule has 24 heavy (non-hydrogen) atoms. The van der Waals surface area contributed by atoms with E-state index in [9.17, 15) is 22.8 Å². The van der Waals surface area contributed by atoms with Gasteiger partial charge in [-0.1, -0.05) is 24.3 Å². The van der Waals surface area contributed by atoms with Gasteiger partial charge in [0, 0.05) is 0 Å². The van der Waals surface area contributed by atoms with Gasteiger partial charge < -0.3 is 15.4 Å². The maximum atomic E-state index is 12.5. The van der Waals surface area contributed by atoms with Crippen molar-refractivity contribution in [2.75, 3.05) is 0 Å². The largest absolute Gasteiger partial charge is 0.471 e. The van der Waals surface area contributed by atoms with Crippen LogP contribution in [0.5, 0.6) is 0 Å². The third-order valence-electron chi connectivity index (χ3n) is 3.48. The van der Waals surface area contributed by atoms with Gasteiger partial charge in [-0.15, -0.1) is 0 Å². The molecule has 1 aromatic carbocycles. The zero-order chi connectivity index (χ0) is 18.1. The zero-order valence-electron chi connectivity index (χ0n) is 13.5. The third kappa shape index (κ3) is 4.39. The normalized spacial score (nSPS) is 20.2. The monoisotopic (exact) mass is 344 g/mol. The molecule has 2 amide bonds. The molecule has 2 atom stereocenters. The molecule has 8 heteroatoms. The average molecular weight is 344 g/mol. The van der Waals surface area contributed by atoms with Crippen molar-refractivity contribution in [1.82, 2.24) is 10.6 Å². The second-order valence-corrected chi connectivity index (χ2v) is 6.60. The summed E-state index contributed by atoms with van der Waals surface area (Å²) in [5, 5.41) is 4.51. The molecule has 0 heterocycles. The van der Waals surface area contributed by atoms with E-state index in [4.69, 9.17) is 4.74 Å². The predicted molar refractivity (Wildman–Crippen MR) is 80.2 cm³/mol. The third-order valence-corrected chi connectivity index (χ3v) is 3.48. The highest BCUT2D eigenvalue weighted by Crippen LogP contribution is 2.32. The molecule has 0 bridgehead atoms. The van der Waals surface area contributed by atoms with E-state index in [2.05, 4.69) is 5.32 Å². The fourth-order valence-electron chi connectivity index (χ4n) is 2.59. The Balaban J connectivity index is 2.18. The molecular formula is C16H19F3N2O3. The van der Waals surface area contributed by atoms with Crippen molar-refractivity contribution in [1.29, 1.82) is 0 Å². The van der Waals surface area contributed by atoms with Gasteiger partial charge in [0.2, 0.25) is 0 Å². The first-order valence-electron chi connectivity index (χ1n) is 7.42. The Bertz CT molecular complexity index is 638. The van der Waals surface area contributed by atoms with E-state index in [-0.39, 0.29) is 6.42 Å². The number of benzene rings is 1. The molecule has 5 nitrogen and oxygen atoms in total. The first-order chi connectivity index (χ1) is 11.0. The minimum absolute atomic E-state index is 0.193. The summed E-state index contributed by atoms with van der Waals surface area (Å²) in [5.41, 5.74) is 0.689. The summed E-state index contributed by atoms with van der Waals surface area (Å²) >= 11 is 0. The molecule has 0 saturated carbocycles. The minimum atomic E-state index is -4.98. The van der Waals surface area contributed by atoms with Crippen LogP contribution < -0.4 is 10.6 Å². The molecule has 0 fully saturated rings. The van der Waals surface area contributed by atoms with Gasteiger partial charge >= 0.3 is 18.2 Å². The number of rotatable bonds is 2. The van der Waals surface area contributed by atoms with Gasteiger partial charge in [-0.2, -0.15) is 13.2 Å². The number of carbonyl (C=O) groups excluding carboxylic acids is 2. The molecule has 2 rings (SSSR count). The molecule has 0 aromatic heterocycles. The summed E-state index contributed by atoms with van der Waals surface area (Å²) in [6.45, 7) is 5.04. The summed E-state index contributed by atoms with van der Waals surface area (Å²) in [7, 11) is 0. The topological polar surface area (TPSA) is 67.4 Å². The quantitative estimate of drug-likeness (QED) is 0.867. The van der Waals surface area contributed by atoms with E-state index >= 15 is 0 Å². The zero-order valence-corrected chi connectivity index (χ0v) is 13.5. The molecule has 0 unspecified atom stereocenters. The number of alkyl halides is 3. The van der Waals surface area contributed by atoms with Crippen LogP contribution in [0.2, 0.25) is 0 Å². The molecule has 1 aromatic rings. The second-order valence-electron chi connectivity index (χ2n) is 6.60. The number of alkyl carbamates (subject to hydrolysis) is 1. The lowest BCUT2D eigenvalue weighted by Crippen LogP contribution is -2.49. The van der Waals surface area contributed by atoms with Crippen LogP contribution in [0.1, 0.15) is 37.9 Å². The van der Waals surface area contributed by atoms with Crippen LogP contribution >= 0.6 is 0 Å². The SMILES string of the molecule is CC(C)(C)OC(=O)N[C@@H]1c2ccccc2C[C@H]1NC(=O)C(F)(F)F. The highest BCUT2D eigenvalue weighted by molar-refractivity contribution is 5.82. The minimum Gasteiger partial charge on any atom is -0.444 e. The molecule has 1 aliphatic carbocycles. The Kier molecular flexibility index (Phi) is 4.77. The Morgan fingerprint density at radius 3 is 2.33 bits per heavy atom. The van der Waals surface area contributed by atoms with Crippen molar-refractivity contribution in [3.63, 3.8) is 0 Å². The van der Waals surface area contributed by atoms with Gasteiger partial charge in [0.25, 0.3) is 0 Å². The molecular weight excluding hydrogens is 325 g/mol. The van der Waals surface area contributed by atoms with Crippen LogP contribution in [-0.2, 0) is 16.0 Å². The standard InChI is InChI=1S/C16H19F3N2O3/c1-15(2,3)24-14(23)21-12-10-7-5-4-6-9(10)8-11(12)20-13(22)16(17,18)19/h4-7,11-12H,8H2,1-3H3,(H,20,22)(H,21,23)/t11-,12-/m1/s1. The van der Waals surface area contributed by atoms with Gasteiger partial charge in [-0.05, 0) is 38.3 Å². The van der Waals surface area contributed by atoms with Crippen molar-refractivity contribution < 1.29 is 27.5 Å². The van der Waals surface area contributed by atoms with E-state index in [1.54, 1.807) is 45.0 Å². The Morgan fingerprint density at radius 1 is 1.12 bits per heavy atom. The number of ether oxygens (including phenoxy) is 1. The van der Waals surface area contributed by atoms with Crippen LogP contribution in [0.3, 0.4) is 0 Å². The summed E-state index contributed by atoms with van der Waals surface area (Å²) in [5.74, 6) is -2.03. The number of hydrogen-bond acceptors (Lipinski definition) is 3. The van der Waals surface area contributed by atoms with Crippen molar-refractivity contribution in [3.8, 4) is 0 Å². The van der Waals surface area contributed by atoms with Crippen molar-refractivity contribution in [2.45, 2.75) is 51.1 Å². The fourth-order valence-corrected chi connectivity index (χ4v) is 2.59. The van der Waals surface area contributed by atoms with Crippen molar-refractivity contribution in [2.24, 2.45) is 0 Å². The van der Waals surface area contributed by atoms with E-state index in [0.29, 0.717) is 5.56 Å². The van der Waals surface area contributed by atoms with Crippen molar-refractivity contribution >= 4 is 12.0 Å². The summed E-state index contributed by atoms with van der Waals surface area (Å²) in [4.78, 5) is 23.2. The lowest BCUT2D eigenvalue weighted by atomic mass is 10.1. The van der Waals surface area contributed by atoms with E-state index < -0.39 is 35.9 Å². The van der Waals surface area contributed by atoms with Crippen LogP contribution in [0.4, 0.5) is 18.0 Å². The average Bonchev–Trinajstić information content (AvgIpc) is 2.73. The van der Waals surface area contributed by atoms with Crippen LogP contribution in [-0.4, -0.2) is 29.8 Å². The molecule has 0 spiro atoms. The Morgan fingerprint density at radius 2 is 1.75 bits per heavy atom. The van der Waals surface area contributed by atoms with Crippen LogP contribution in [0, 0.1) is 0 Å². The molecule has 0 radical (unpaired) electrons. The number of fused-ring (bicyclic) bond motifs is 1. The van der Waals surface area contributed by atoms with Gasteiger partial charge in [-0.3, -0.25) is 4.79 Å². The number of hydrogen-bond donors (Lipinski definition) is 2. The highest BCUT2D eigenvalue weighted by Gasteiger charge is 2.43. The maximum Gasteiger partial charge on any atom is 0.471 e. The maximum absolute atomic E-state index is 12.5. The number of halogens is 3. The number of nitrogens with one attached hydrogen (secondary N) is 2. The number of amides is 2. The molecule has 0 saturated heterocycles. The fraction of sp³-hybridized carbons (Fsp3) is 0.500. The summed E-state index contributed by atoms with van der Waals surface area (Å²) < 4.78 is 42.7. The smallest absolute Gasteiger partial charge is 0.444 e. The first-order valence-corrected chi connectivity index (χ1v) is 7.42. The summed E-state index contributed by atoms with van der Waals surface area (Å²) in [6, 6.07) is 5.23. The second kappa shape index (κ2) is 6.33.